The highest BCUT2D eigenvalue weighted by Crippen LogP contribution is 2.34. The molecular formula is C20H16Cl2FN3O4S2. The van der Waals surface area contributed by atoms with Gasteiger partial charge in [-0.15, -0.1) is 11.3 Å². The lowest BCUT2D eigenvalue weighted by atomic mass is 10.1. The SMILES string of the molecule is O=[N+]([O-])c1cc(S(=O)(=O)C2CCN(c3nc(-c4ccc(Cl)c(F)c4)cs3)CC2)ccc1Cl. The Morgan fingerprint density at radius 3 is 2.47 bits per heavy atom. The molecule has 0 spiro atoms. The first-order chi connectivity index (χ1) is 15.2. The molecule has 0 radical (unpaired) electrons. The van der Waals surface area contributed by atoms with Crippen molar-refractivity contribution in [2.45, 2.75) is 23.0 Å². The Bertz CT molecular complexity index is 1290. The number of anilines is 1. The number of aromatic nitrogens is 1. The van der Waals surface area contributed by atoms with Crippen LogP contribution >= 0.6 is 34.5 Å². The van der Waals surface area contributed by atoms with E-state index in [0.29, 0.717) is 42.3 Å². The molecule has 1 fully saturated rings. The summed E-state index contributed by atoms with van der Waals surface area (Å²) in [7, 11) is -3.75. The molecule has 1 saturated heterocycles. The molecule has 0 N–H and O–H groups in total. The maximum atomic E-state index is 13.7. The van der Waals surface area contributed by atoms with Gasteiger partial charge in [0.2, 0.25) is 0 Å². The molecule has 1 aliphatic heterocycles. The van der Waals surface area contributed by atoms with E-state index in [4.69, 9.17) is 23.2 Å². The van der Waals surface area contributed by atoms with Crippen LogP contribution in [-0.2, 0) is 9.84 Å². The highest BCUT2D eigenvalue weighted by atomic mass is 35.5. The molecule has 3 aromatic rings. The maximum absolute atomic E-state index is 13.7. The standard InChI is InChI=1S/C20H16Cl2FN3O4S2/c21-15-3-1-12(9-17(15)23)18-11-31-20(24-18)25-7-5-13(6-8-25)32(29,30)14-2-4-16(22)19(10-14)26(27)28/h1-4,9-11,13H,5-8H2. The van der Waals surface area contributed by atoms with E-state index >= 15 is 0 Å². The smallest absolute Gasteiger partial charge is 0.289 e. The van der Waals surface area contributed by atoms with Crippen LogP contribution in [0.4, 0.5) is 15.2 Å². The summed E-state index contributed by atoms with van der Waals surface area (Å²) in [5.41, 5.74) is 0.791. The fourth-order valence-electron chi connectivity index (χ4n) is 3.56. The van der Waals surface area contributed by atoms with Gasteiger partial charge in [-0.2, -0.15) is 0 Å². The average molecular weight is 516 g/mol. The van der Waals surface area contributed by atoms with E-state index in [1.165, 1.54) is 35.6 Å². The van der Waals surface area contributed by atoms with Gasteiger partial charge in [0.05, 0.1) is 25.8 Å². The van der Waals surface area contributed by atoms with E-state index in [0.717, 1.165) is 6.07 Å². The second kappa shape index (κ2) is 8.93. The van der Waals surface area contributed by atoms with Gasteiger partial charge in [-0.25, -0.2) is 17.8 Å². The van der Waals surface area contributed by atoms with Gasteiger partial charge in [0, 0.05) is 30.1 Å². The first-order valence-electron chi connectivity index (χ1n) is 9.50. The molecule has 0 amide bonds. The zero-order valence-corrected chi connectivity index (χ0v) is 19.5. The Hall–Kier alpha value is -2.27. The van der Waals surface area contributed by atoms with Crippen LogP contribution in [0, 0.1) is 15.9 Å². The predicted molar refractivity (Wildman–Crippen MR) is 123 cm³/mol. The van der Waals surface area contributed by atoms with Gasteiger partial charge in [-0.05, 0) is 37.1 Å². The molecule has 4 rings (SSSR count). The number of benzene rings is 2. The van der Waals surface area contributed by atoms with Crippen molar-refractivity contribution in [3.8, 4) is 11.3 Å². The summed E-state index contributed by atoms with van der Waals surface area (Å²) < 4.78 is 39.8. The van der Waals surface area contributed by atoms with Crippen molar-refractivity contribution in [2.24, 2.45) is 0 Å². The van der Waals surface area contributed by atoms with Gasteiger partial charge in [0.1, 0.15) is 10.8 Å². The number of sulfone groups is 1. The maximum Gasteiger partial charge on any atom is 0.289 e. The van der Waals surface area contributed by atoms with Crippen molar-refractivity contribution in [3.63, 3.8) is 0 Å². The molecule has 1 aliphatic rings. The van der Waals surface area contributed by atoms with E-state index < -0.39 is 31.5 Å². The summed E-state index contributed by atoms with van der Waals surface area (Å²) >= 11 is 12.9. The van der Waals surface area contributed by atoms with Gasteiger partial charge in [-0.3, -0.25) is 10.1 Å². The van der Waals surface area contributed by atoms with E-state index in [2.05, 4.69) is 4.98 Å². The van der Waals surface area contributed by atoms with E-state index in [1.807, 2.05) is 10.3 Å². The van der Waals surface area contributed by atoms with Gasteiger partial charge in [0.15, 0.2) is 15.0 Å². The molecule has 2 heterocycles. The summed E-state index contributed by atoms with van der Waals surface area (Å²) in [4.78, 5) is 16.8. The van der Waals surface area contributed by atoms with Gasteiger partial charge < -0.3 is 4.90 Å². The van der Waals surface area contributed by atoms with Crippen molar-refractivity contribution >= 4 is 55.2 Å². The van der Waals surface area contributed by atoms with Gasteiger partial charge in [0.25, 0.3) is 5.69 Å². The number of thiazole rings is 1. The lowest BCUT2D eigenvalue weighted by Crippen LogP contribution is -2.39. The highest BCUT2D eigenvalue weighted by molar-refractivity contribution is 7.92. The van der Waals surface area contributed by atoms with Crippen LogP contribution in [-0.4, -0.2) is 36.7 Å². The molecule has 0 saturated carbocycles. The van der Waals surface area contributed by atoms with Crippen LogP contribution in [0.2, 0.25) is 10.0 Å². The third-order valence-electron chi connectivity index (χ3n) is 5.30. The van der Waals surface area contributed by atoms with Crippen LogP contribution in [0.1, 0.15) is 12.8 Å². The quantitative estimate of drug-likeness (QED) is 0.324. The molecule has 0 aliphatic carbocycles. The Labute approximate surface area is 197 Å². The minimum atomic E-state index is -3.75. The fourth-order valence-corrected chi connectivity index (χ4v) is 6.50. The number of hydrogen-bond donors (Lipinski definition) is 0. The zero-order valence-electron chi connectivity index (χ0n) is 16.4. The lowest BCUT2D eigenvalue weighted by Gasteiger charge is -2.31. The third kappa shape index (κ3) is 4.45. The van der Waals surface area contributed by atoms with Crippen molar-refractivity contribution in [2.75, 3.05) is 18.0 Å². The van der Waals surface area contributed by atoms with Crippen molar-refractivity contribution < 1.29 is 17.7 Å². The van der Waals surface area contributed by atoms with E-state index in [1.54, 1.807) is 6.07 Å². The monoisotopic (exact) mass is 515 g/mol. The molecule has 0 atom stereocenters. The number of halogens is 3. The Morgan fingerprint density at radius 2 is 1.81 bits per heavy atom. The Kier molecular flexibility index (Phi) is 6.39. The van der Waals surface area contributed by atoms with Crippen molar-refractivity contribution in [1.29, 1.82) is 0 Å². The van der Waals surface area contributed by atoms with Crippen LogP contribution < -0.4 is 4.90 Å². The third-order valence-corrected chi connectivity index (χ3v) is 9.09. The fraction of sp³-hybridized carbons (Fsp3) is 0.250. The molecule has 1 aromatic heterocycles. The van der Waals surface area contributed by atoms with Gasteiger partial charge in [-0.1, -0.05) is 29.3 Å². The summed E-state index contributed by atoms with van der Waals surface area (Å²) in [5.74, 6) is -0.521. The molecule has 168 valence electrons. The second-order valence-electron chi connectivity index (χ2n) is 7.25. The molecule has 0 unspecified atom stereocenters. The lowest BCUT2D eigenvalue weighted by molar-refractivity contribution is -0.384. The van der Waals surface area contributed by atoms with Crippen molar-refractivity contribution in [1.82, 2.24) is 4.98 Å². The molecule has 0 bridgehead atoms. The van der Waals surface area contributed by atoms with E-state index in [-0.39, 0.29) is 14.9 Å². The summed E-state index contributed by atoms with van der Waals surface area (Å²) in [6, 6.07) is 8.04. The summed E-state index contributed by atoms with van der Waals surface area (Å²) in [6.45, 7) is 0.920. The first-order valence-corrected chi connectivity index (χ1v) is 12.7. The predicted octanol–water partition coefficient (Wildman–Crippen LogP) is 5.61. The normalized spacial score (nSPS) is 15.2. The number of hydrogen-bond acceptors (Lipinski definition) is 7. The number of nitro groups is 1. The van der Waals surface area contributed by atoms with E-state index in [9.17, 15) is 22.9 Å². The zero-order chi connectivity index (χ0) is 23.0. The molecule has 32 heavy (non-hydrogen) atoms. The Balaban J connectivity index is 1.47. The Morgan fingerprint density at radius 1 is 1.12 bits per heavy atom. The number of nitrogens with zero attached hydrogens (tertiary/aromatic N) is 3. The number of piperidine rings is 1. The van der Waals surface area contributed by atoms with Crippen LogP contribution in [0.3, 0.4) is 0 Å². The first kappa shape index (κ1) is 22.9. The van der Waals surface area contributed by atoms with Crippen molar-refractivity contribution in [3.05, 3.63) is 67.8 Å². The van der Waals surface area contributed by atoms with Crippen LogP contribution in [0.15, 0.2) is 46.7 Å². The number of rotatable bonds is 5. The average Bonchev–Trinajstić information content (AvgIpc) is 3.26. The molecular weight excluding hydrogens is 500 g/mol. The van der Waals surface area contributed by atoms with Gasteiger partial charge >= 0.3 is 0 Å². The largest absolute Gasteiger partial charge is 0.348 e. The number of nitro benzene ring substituents is 1. The summed E-state index contributed by atoms with van der Waals surface area (Å²) in [5, 5.41) is 12.9. The van der Waals surface area contributed by atoms with Crippen LogP contribution in [0.5, 0.6) is 0 Å². The topological polar surface area (TPSA) is 93.4 Å². The minimum Gasteiger partial charge on any atom is -0.348 e. The second-order valence-corrected chi connectivity index (χ2v) is 11.1. The highest BCUT2D eigenvalue weighted by Gasteiger charge is 2.33. The van der Waals surface area contributed by atoms with Crippen LogP contribution in [0.25, 0.3) is 11.3 Å². The molecule has 7 nitrogen and oxygen atoms in total. The molecule has 12 heteroatoms. The molecule has 2 aromatic carbocycles. The summed E-state index contributed by atoms with van der Waals surface area (Å²) in [6.07, 6.45) is 0.701. The minimum absolute atomic E-state index is 0.0403.